The summed E-state index contributed by atoms with van der Waals surface area (Å²) in [4.78, 5) is 23.0. The van der Waals surface area contributed by atoms with E-state index in [1.165, 1.54) is 41.5 Å². The van der Waals surface area contributed by atoms with Gasteiger partial charge in [0.1, 0.15) is 16.5 Å². The Bertz CT molecular complexity index is 752. The summed E-state index contributed by atoms with van der Waals surface area (Å²) in [6.45, 7) is 1.11. The lowest BCUT2D eigenvalue weighted by molar-refractivity contribution is 0.249. The number of thiophene rings is 1. The molecule has 122 valence electrons. The first-order valence-electron chi connectivity index (χ1n) is 8.31. The molecule has 0 spiro atoms. The molecule has 4 N–H and O–H groups in total. The Hall–Kier alpha value is -1.89. The standard InChI is InChI=1S/C16H21N5OS/c17-16(22)19-8-7-18-14-12-10-3-1-2-4-11(10)23-15(12)21-13(20-14)9-5-6-9/h9H,1-8H2,(H3,17,19,22)(H,18,20,21). The van der Waals surface area contributed by atoms with Gasteiger partial charge in [0.25, 0.3) is 0 Å². The number of carbonyl (C=O) groups is 1. The monoisotopic (exact) mass is 331 g/mol. The third-order valence-electron chi connectivity index (χ3n) is 4.49. The molecule has 1 saturated carbocycles. The third kappa shape index (κ3) is 2.97. The summed E-state index contributed by atoms with van der Waals surface area (Å²) in [5, 5.41) is 7.19. The van der Waals surface area contributed by atoms with Crippen molar-refractivity contribution in [2.45, 2.75) is 44.4 Å². The Kier molecular flexibility index (Phi) is 3.80. The van der Waals surface area contributed by atoms with Gasteiger partial charge in [0, 0.05) is 23.9 Å². The molecule has 6 nitrogen and oxygen atoms in total. The van der Waals surface area contributed by atoms with E-state index in [0.29, 0.717) is 19.0 Å². The topological polar surface area (TPSA) is 92.9 Å². The molecule has 2 aromatic rings. The van der Waals surface area contributed by atoms with Gasteiger partial charge in [-0.15, -0.1) is 11.3 Å². The number of aryl methyl sites for hydroxylation is 2. The number of hydrogen-bond acceptors (Lipinski definition) is 5. The Labute approximate surface area is 138 Å². The van der Waals surface area contributed by atoms with Crippen LogP contribution in [-0.4, -0.2) is 29.1 Å². The smallest absolute Gasteiger partial charge is 0.312 e. The molecule has 23 heavy (non-hydrogen) atoms. The van der Waals surface area contributed by atoms with Crippen LogP contribution in [0.3, 0.4) is 0 Å². The van der Waals surface area contributed by atoms with Gasteiger partial charge in [-0.25, -0.2) is 14.8 Å². The third-order valence-corrected chi connectivity index (χ3v) is 5.68. The highest BCUT2D eigenvalue weighted by molar-refractivity contribution is 7.19. The van der Waals surface area contributed by atoms with Gasteiger partial charge in [-0.2, -0.15) is 0 Å². The van der Waals surface area contributed by atoms with E-state index in [0.717, 1.165) is 29.3 Å². The molecule has 0 aromatic carbocycles. The zero-order chi connectivity index (χ0) is 15.8. The van der Waals surface area contributed by atoms with Gasteiger partial charge < -0.3 is 16.4 Å². The quantitative estimate of drug-likeness (QED) is 0.734. The maximum atomic E-state index is 10.8. The molecule has 2 aromatic heterocycles. The predicted octanol–water partition coefficient (Wildman–Crippen LogP) is 2.53. The lowest BCUT2D eigenvalue weighted by Crippen LogP contribution is -2.33. The highest BCUT2D eigenvalue weighted by Gasteiger charge is 2.29. The van der Waals surface area contributed by atoms with Gasteiger partial charge >= 0.3 is 6.03 Å². The number of nitrogens with zero attached hydrogens (tertiary/aromatic N) is 2. The molecular weight excluding hydrogens is 310 g/mol. The number of anilines is 1. The number of primary amides is 1. The van der Waals surface area contributed by atoms with Crippen molar-refractivity contribution in [3.8, 4) is 0 Å². The van der Waals surface area contributed by atoms with Crippen LogP contribution in [0.4, 0.5) is 10.6 Å². The molecule has 0 atom stereocenters. The van der Waals surface area contributed by atoms with Crippen molar-refractivity contribution < 1.29 is 4.79 Å². The van der Waals surface area contributed by atoms with E-state index in [4.69, 9.17) is 15.7 Å². The minimum absolute atomic E-state index is 0.492. The van der Waals surface area contributed by atoms with E-state index in [2.05, 4.69) is 10.6 Å². The van der Waals surface area contributed by atoms with Gasteiger partial charge in [-0.05, 0) is 44.1 Å². The molecule has 0 radical (unpaired) electrons. The maximum Gasteiger partial charge on any atom is 0.312 e. The van der Waals surface area contributed by atoms with Gasteiger partial charge in [0.2, 0.25) is 0 Å². The van der Waals surface area contributed by atoms with E-state index in [1.807, 2.05) is 11.3 Å². The minimum Gasteiger partial charge on any atom is -0.368 e. The van der Waals surface area contributed by atoms with Crippen molar-refractivity contribution in [2.24, 2.45) is 5.73 Å². The van der Waals surface area contributed by atoms with Gasteiger partial charge in [-0.1, -0.05) is 0 Å². The van der Waals surface area contributed by atoms with Crippen molar-refractivity contribution >= 4 is 33.4 Å². The first-order valence-corrected chi connectivity index (χ1v) is 9.13. The molecule has 7 heteroatoms. The summed E-state index contributed by atoms with van der Waals surface area (Å²) < 4.78 is 0. The molecule has 0 saturated heterocycles. The molecule has 2 amide bonds. The van der Waals surface area contributed by atoms with Crippen LogP contribution in [0.1, 0.15) is 47.9 Å². The van der Waals surface area contributed by atoms with Crippen molar-refractivity contribution in [1.29, 1.82) is 0 Å². The zero-order valence-corrected chi connectivity index (χ0v) is 13.8. The Morgan fingerprint density at radius 2 is 2.04 bits per heavy atom. The Morgan fingerprint density at radius 1 is 1.22 bits per heavy atom. The van der Waals surface area contributed by atoms with E-state index in [-0.39, 0.29) is 0 Å². The first kappa shape index (κ1) is 14.7. The van der Waals surface area contributed by atoms with Crippen LogP contribution in [0.15, 0.2) is 0 Å². The molecule has 4 rings (SSSR count). The lowest BCUT2D eigenvalue weighted by Gasteiger charge is -2.13. The van der Waals surface area contributed by atoms with Crippen molar-refractivity contribution in [3.63, 3.8) is 0 Å². The number of fused-ring (bicyclic) bond motifs is 3. The highest BCUT2D eigenvalue weighted by atomic mass is 32.1. The molecule has 0 aliphatic heterocycles. The van der Waals surface area contributed by atoms with Crippen molar-refractivity contribution in [1.82, 2.24) is 15.3 Å². The summed E-state index contributed by atoms with van der Waals surface area (Å²) in [5.41, 5.74) is 6.54. The summed E-state index contributed by atoms with van der Waals surface area (Å²) in [7, 11) is 0. The predicted molar refractivity (Wildman–Crippen MR) is 92.1 cm³/mol. The van der Waals surface area contributed by atoms with Crippen LogP contribution >= 0.6 is 11.3 Å². The number of nitrogens with two attached hydrogens (primary N) is 1. The zero-order valence-electron chi connectivity index (χ0n) is 13.0. The summed E-state index contributed by atoms with van der Waals surface area (Å²) in [6, 6.07) is -0.494. The number of urea groups is 1. The second-order valence-corrected chi connectivity index (χ2v) is 7.40. The number of rotatable bonds is 5. The molecule has 0 unspecified atom stereocenters. The van der Waals surface area contributed by atoms with E-state index < -0.39 is 6.03 Å². The molecule has 0 bridgehead atoms. The average Bonchev–Trinajstić information content (AvgIpc) is 3.31. The van der Waals surface area contributed by atoms with Crippen molar-refractivity contribution in [2.75, 3.05) is 18.4 Å². The number of aromatic nitrogens is 2. The maximum absolute atomic E-state index is 10.8. The van der Waals surface area contributed by atoms with Crippen molar-refractivity contribution in [3.05, 3.63) is 16.3 Å². The van der Waals surface area contributed by atoms with E-state index in [9.17, 15) is 4.79 Å². The summed E-state index contributed by atoms with van der Waals surface area (Å²) >= 11 is 1.84. The number of hydrogen-bond donors (Lipinski definition) is 3. The van der Waals surface area contributed by atoms with Crippen LogP contribution < -0.4 is 16.4 Å². The van der Waals surface area contributed by atoms with E-state index >= 15 is 0 Å². The molecule has 2 aliphatic rings. The fourth-order valence-electron chi connectivity index (χ4n) is 3.19. The van der Waals surface area contributed by atoms with Gasteiger partial charge in [0.05, 0.1) is 5.39 Å². The second kappa shape index (κ2) is 5.96. The van der Waals surface area contributed by atoms with E-state index in [1.54, 1.807) is 0 Å². The normalized spacial score (nSPS) is 17.0. The summed E-state index contributed by atoms with van der Waals surface area (Å²) in [5.74, 6) is 2.44. The Balaban J connectivity index is 1.67. The van der Waals surface area contributed by atoms with Gasteiger partial charge in [-0.3, -0.25) is 0 Å². The highest BCUT2D eigenvalue weighted by Crippen LogP contribution is 2.43. The fourth-order valence-corrected chi connectivity index (χ4v) is 4.46. The van der Waals surface area contributed by atoms with Crippen LogP contribution in [0.2, 0.25) is 0 Å². The van der Waals surface area contributed by atoms with Crippen LogP contribution in [0, 0.1) is 0 Å². The fraction of sp³-hybridized carbons (Fsp3) is 0.562. The number of amides is 2. The number of carbonyl (C=O) groups excluding carboxylic acids is 1. The molecule has 2 heterocycles. The largest absolute Gasteiger partial charge is 0.368 e. The van der Waals surface area contributed by atoms with Crippen LogP contribution in [-0.2, 0) is 12.8 Å². The van der Waals surface area contributed by atoms with Crippen LogP contribution in [0.5, 0.6) is 0 Å². The SMILES string of the molecule is NC(=O)NCCNc1nc(C2CC2)nc2sc3c(c12)CCCC3. The number of nitrogens with one attached hydrogen (secondary N) is 2. The minimum atomic E-state index is -0.494. The second-order valence-electron chi connectivity index (χ2n) is 6.31. The first-order chi connectivity index (χ1) is 11.2. The van der Waals surface area contributed by atoms with Gasteiger partial charge in [0.15, 0.2) is 0 Å². The molecular formula is C16H21N5OS. The molecule has 1 fully saturated rings. The summed E-state index contributed by atoms with van der Waals surface area (Å²) in [6.07, 6.45) is 7.19. The van der Waals surface area contributed by atoms with Crippen LogP contribution in [0.25, 0.3) is 10.2 Å². The average molecular weight is 331 g/mol. The lowest BCUT2D eigenvalue weighted by atomic mass is 9.97. The molecule has 2 aliphatic carbocycles. The Morgan fingerprint density at radius 3 is 2.83 bits per heavy atom.